The molecule has 31 heavy (non-hydrogen) atoms. The normalized spacial score (nSPS) is 25.8. The Balaban J connectivity index is 2.35. The minimum absolute atomic E-state index is 0.247. The summed E-state index contributed by atoms with van der Waals surface area (Å²) in [6, 6.07) is 8.09. The maximum absolute atomic E-state index is 12.6. The van der Waals surface area contributed by atoms with Gasteiger partial charge in [0, 0.05) is 13.8 Å². The lowest BCUT2D eigenvalue weighted by Gasteiger charge is -2.43. The minimum Gasteiger partial charge on any atom is -0.454 e. The van der Waals surface area contributed by atoms with Crippen molar-refractivity contribution in [2.75, 3.05) is 0 Å². The fourth-order valence-corrected chi connectivity index (χ4v) is 2.96. The van der Waals surface area contributed by atoms with Crippen LogP contribution in [-0.2, 0) is 33.3 Å². The minimum atomic E-state index is -2.22. The molecule has 0 spiro atoms. The predicted octanol–water partition coefficient (Wildman–Crippen LogP) is 3.18. The third kappa shape index (κ3) is 6.96. The van der Waals surface area contributed by atoms with E-state index in [2.05, 4.69) is 0 Å². The van der Waals surface area contributed by atoms with Crippen LogP contribution >= 0.6 is 34.8 Å². The molecule has 1 saturated heterocycles. The molecule has 1 aromatic carbocycles. The highest BCUT2D eigenvalue weighted by atomic mass is 35.6. The number of alkyl halides is 3. The van der Waals surface area contributed by atoms with Crippen molar-refractivity contribution in [2.24, 2.45) is 0 Å². The quantitative estimate of drug-likeness (QED) is 0.217. The van der Waals surface area contributed by atoms with Gasteiger partial charge in [0.2, 0.25) is 18.3 Å². The van der Waals surface area contributed by atoms with Crippen LogP contribution in [0.15, 0.2) is 30.3 Å². The van der Waals surface area contributed by atoms with Crippen molar-refractivity contribution in [3.63, 3.8) is 0 Å². The third-order valence-corrected chi connectivity index (χ3v) is 4.59. The zero-order valence-electron chi connectivity index (χ0n) is 16.7. The zero-order chi connectivity index (χ0) is 23.3. The molecule has 1 N–H and O–H groups in total. The topological polar surface area (TPSA) is 121 Å². The Hall–Kier alpha value is -2.07. The third-order valence-electron chi connectivity index (χ3n) is 4.08. The Morgan fingerprint density at radius 3 is 1.97 bits per heavy atom. The maximum atomic E-state index is 12.6. The maximum Gasteiger partial charge on any atom is 0.338 e. The summed E-state index contributed by atoms with van der Waals surface area (Å²) < 4.78 is 24.7. The predicted molar refractivity (Wildman–Crippen MR) is 110 cm³/mol. The molecule has 12 heteroatoms. The highest BCUT2D eigenvalue weighted by Gasteiger charge is 2.52. The SMILES string of the molecule is CC(=O)O[C@@H]1[C@@H](OC(=O)c2ccccc2)[C@H](C)O[C@@H](OC(=N)C(Cl)(Cl)Cl)[C@@H]1OC(C)=O. The van der Waals surface area contributed by atoms with E-state index in [9.17, 15) is 14.4 Å². The first-order chi connectivity index (χ1) is 14.4. The second kappa shape index (κ2) is 10.5. The van der Waals surface area contributed by atoms with Crippen molar-refractivity contribution < 1.29 is 38.1 Å². The molecule has 5 atom stereocenters. The second-order valence-corrected chi connectivity index (χ2v) is 8.82. The number of halogens is 3. The second-order valence-electron chi connectivity index (χ2n) is 6.54. The lowest BCUT2D eigenvalue weighted by Crippen LogP contribution is -2.61. The van der Waals surface area contributed by atoms with Gasteiger partial charge in [-0.1, -0.05) is 53.0 Å². The van der Waals surface area contributed by atoms with Crippen molar-refractivity contribution in [3.05, 3.63) is 35.9 Å². The number of nitrogens with one attached hydrogen (secondary N) is 1. The number of ether oxygens (including phenoxy) is 5. The van der Waals surface area contributed by atoms with Crippen molar-refractivity contribution in [1.82, 2.24) is 0 Å². The highest BCUT2D eigenvalue weighted by molar-refractivity contribution is 6.76. The van der Waals surface area contributed by atoms with Crippen LogP contribution in [-0.4, -0.2) is 58.3 Å². The molecule has 0 bridgehead atoms. The molecule has 1 aliphatic heterocycles. The van der Waals surface area contributed by atoms with Crippen LogP contribution in [0.5, 0.6) is 0 Å². The average molecular weight is 497 g/mol. The Kier molecular flexibility index (Phi) is 8.53. The van der Waals surface area contributed by atoms with Crippen LogP contribution in [0.25, 0.3) is 0 Å². The highest BCUT2D eigenvalue weighted by Crippen LogP contribution is 2.33. The molecule has 0 amide bonds. The molecule has 2 rings (SSSR count). The van der Waals surface area contributed by atoms with Crippen molar-refractivity contribution in [2.45, 2.75) is 55.3 Å². The van der Waals surface area contributed by atoms with E-state index >= 15 is 0 Å². The van der Waals surface area contributed by atoms with Gasteiger partial charge in [-0.15, -0.1) is 0 Å². The largest absolute Gasteiger partial charge is 0.454 e. The van der Waals surface area contributed by atoms with Crippen molar-refractivity contribution in [1.29, 1.82) is 5.41 Å². The average Bonchev–Trinajstić information content (AvgIpc) is 2.66. The molecule has 1 heterocycles. The lowest BCUT2D eigenvalue weighted by atomic mass is 9.98. The van der Waals surface area contributed by atoms with Crippen LogP contribution in [0.4, 0.5) is 0 Å². The molecule has 1 aliphatic rings. The number of hydrogen-bond acceptors (Lipinski definition) is 9. The summed E-state index contributed by atoms with van der Waals surface area (Å²) in [6.45, 7) is 3.74. The molecule has 0 saturated carbocycles. The van der Waals surface area contributed by atoms with Gasteiger partial charge in [-0.2, -0.15) is 0 Å². The number of hydrogen-bond donors (Lipinski definition) is 1. The van der Waals surface area contributed by atoms with Crippen LogP contribution in [0, 0.1) is 5.41 Å². The number of rotatable bonds is 5. The Bertz CT molecular complexity index is 829. The van der Waals surface area contributed by atoms with E-state index in [0.29, 0.717) is 0 Å². The standard InChI is InChI=1S/C19H20Cl3NO8/c1-9-13(30-16(26)12-7-5-4-6-8-12)14(28-10(2)24)15(29-11(3)25)17(27-9)31-18(23)19(20,21)22/h4-9,13-15,17,23H,1-3H3/t9-,13-,14+,15+,17-/m0/s1. The van der Waals surface area contributed by atoms with Gasteiger partial charge in [0.15, 0.2) is 12.2 Å². The van der Waals surface area contributed by atoms with Crippen LogP contribution in [0.1, 0.15) is 31.1 Å². The van der Waals surface area contributed by atoms with Gasteiger partial charge in [0.25, 0.3) is 3.79 Å². The fraction of sp³-hybridized carbons (Fsp3) is 0.474. The number of benzene rings is 1. The number of carbonyl (C=O) groups excluding carboxylic acids is 3. The molecule has 0 aromatic heterocycles. The van der Waals surface area contributed by atoms with E-state index in [1.165, 1.54) is 19.1 Å². The molecule has 1 fully saturated rings. The van der Waals surface area contributed by atoms with Gasteiger partial charge in [0.1, 0.15) is 0 Å². The van der Waals surface area contributed by atoms with Crippen LogP contribution in [0.3, 0.4) is 0 Å². The molecule has 9 nitrogen and oxygen atoms in total. The summed E-state index contributed by atoms with van der Waals surface area (Å²) >= 11 is 16.9. The first kappa shape index (κ1) is 25.2. The summed E-state index contributed by atoms with van der Waals surface area (Å²) in [5.41, 5.74) is 0.247. The first-order valence-electron chi connectivity index (χ1n) is 8.98. The van der Waals surface area contributed by atoms with E-state index in [1.807, 2.05) is 0 Å². The number of esters is 3. The van der Waals surface area contributed by atoms with Crippen LogP contribution < -0.4 is 0 Å². The molecule has 0 aliphatic carbocycles. The molecule has 1 aromatic rings. The van der Waals surface area contributed by atoms with E-state index in [1.54, 1.807) is 18.2 Å². The molecular formula is C19H20Cl3NO8. The number of carbonyl (C=O) groups is 3. The van der Waals surface area contributed by atoms with Crippen LogP contribution in [0.2, 0.25) is 0 Å². The summed E-state index contributed by atoms with van der Waals surface area (Å²) in [6.07, 6.45) is -6.34. The lowest BCUT2D eigenvalue weighted by molar-refractivity contribution is -0.280. The Morgan fingerprint density at radius 2 is 1.45 bits per heavy atom. The van der Waals surface area contributed by atoms with Gasteiger partial charge < -0.3 is 23.7 Å². The van der Waals surface area contributed by atoms with Gasteiger partial charge in [-0.3, -0.25) is 15.0 Å². The van der Waals surface area contributed by atoms with Gasteiger partial charge in [-0.25, -0.2) is 4.79 Å². The fourth-order valence-electron chi connectivity index (χ4n) is 2.82. The van der Waals surface area contributed by atoms with E-state index < -0.39 is 58.3 Å². The van der Waals surface area contributed by atoms with Gasteiger partial charge in [0.05, 0.1) is 11.7 Å². The summed E-state index contributed by atoms with van der Waals surface area (Å²) in [5, 5.41) is 7.77. The Morgan fingerprint density at radius 1 is 0.903 bits per heavy atom. The van der Waals surface area contributed by atoms with Gasteiger partial charge in [-0.05, 0) is 19.1 Å². The van der Waals surface area contributed by atoms with Crippen molar-refractivity contribution in [3.8, 4) is 0 Å². The molecular weight excluding hydrogens is 477 g/mol. The summed E-state index contributed by atoms with van der Waals surface area (Å²) in [5.74, 6) is -3.05. The first-order valence-corrected chi connectivity index (χ1v) is 10.1. The smallest absolute Gasteiger partial charge is 0.338 e. The monoisotopic (exact) mass is 495 g/mol. The molecule has 170 valence electrons. The Labute approximate surface area is 193 Å². The van der Waals surface area contributed by atoms with E-state index in [0.717, 1.165) is 13.8 Å². The zero-order valence-corrected chi connectivity index (χ0v) is 18.9. The summed E-state index contributed by atoms with van der Waals surface area (Å²) in [4.78, 5) is 36.0. The molecule has 0 radical (unpaired) electrons. The van der Waals surface area contributed by atoms with Gasteiger partial charge >= 0.3 is 17.9 Å². The summed E-state index contributed by atoms with van der Waals surface area (Å²) in [7, 11) is 0. The van der Waals surface area contributed by atoms with E-state index in [4.69, 9.17) is 63.9 Å². The van der Waals surface area contributed by atoms with E-state index in [-0.39, 0.29) is 5.56 Å². The van der Waals surface area contributed by atoms with Crippen molar-refractivity contribution >= 4 is 58.6 Å². The molecule has 0 unspecified atom stereocenters.